The van der Waals surface area contributed by atoms with Gasteiger partial charge in [0.25, 0.3) is 0 Å². The number of aliphatic imine (C=N–C) groups is 1. The van der Waals surface area contributed by atoms with Crippen molar-refractivity contribution in [1.82, 2.24) is 9.99 Å². The molecule has 0 atom stereocenters. The van der Waals surface area contributed by atoms with Crippen LogP contribution in [0.25, 0.3) is 0 Å². The van der Waals surface area contributed by atoms with Crippen LogP contribution in [0.15, 0.2) is 65.7 Å². The van der Waals surface area contributed by atoms with Crippen molar-refractivity contribution in [2.24, 2.45) is 4.99 Å². The molecule has 1 aromatic heterocycles. The molecule has 0 aliphatic carbocycles. The van der Waals surface area contributed by atoms with E-state index >= 15 is 0 Å². The summed E-state index contributed by atoms with van der Waals surface area (Å²) in [6.07, 6.45) is 0.865. The molecule has 0 saturated carbocycles. The van der Waals surface area contributed by atoms with Gasteiger partial charge in [-0.1, -0.05) is 18.2 Å². The number of hydrazine groups is 1. The Morgan fingerprint density at radius 3 is 2.59 bits per heavy atom. The predicted octanol–water partition coefficient (Wildman–Crippen LogP) is 4.27. The molecule has 0 saturated heterocycles. The van der Waals surface area contributed by atoms with Gasteiger partial charge in [0.15, 0.2) is 11.6 Å². The van der Waals surface area contributed by atoms with Crippen molar-refractivity contribution in [2.75, 3.05) is 11.6 Å². The molecule has 0 unspecified atom stereocenters. The Morgan fingerprint density at radius 2 is 1.85 bits per heavy atom. The molecule has 0 radical (unpaired) electrons. The number of nitrogens with zero attached hydrogens (tertiary/aromatic N) is 4. The van der Waals surface area contributed by atoms with E-state index in [1.807, 2.05) is 0 Å². The second-order valence-corrected chi connectivity index (χ2v) is 5.80. The molecule has 0 fully saturated rings. The van der Waals surface area contributed by atoms with Gasteiger partial charge in [-0.25, -0.2) is 23.8 Å². The molecule has 0 spiro atoms. The first-order valence-electron chi connectivity index (χ1n) is 7.86. The molecule has 0 N–H and O–H groups in total. The average Bonchev–Trinajstić information content (AvgIpc) is 3.04. The third kappa shape index (κ3) is 3.05. The van der Waals surface area contributed by atoms with Crippen LogP contribution < -0.4 is 5.01 Å². The summed E-state index contributed by atoms with van der Waals surface area (Å²) < 4.78 is 66.8. The average molecular weight is 378 g/mol. The van der Waals surface area contributed by atoms with Crippen molar-refractivity contribution in [2.45, 2.75) is 6.18 Å². The van der Waals surface area contributed by atoms with Gasteiger partial charge in [0.1, 0.15) is 11.6 Å². The number of hydrogen-bond acceptors (Lipinski definition) is 4. The number of benzene rings is 1. The minimum absolute atomic E-state index is 0.0497. The highest BCUT2D eigenvalue weighted by molar-refractivity contribution is 6.10. The lowest BCUT2D eigenvalue weighted by Crippen LogP contribution is -2.36. The van der Waals surface area contributed by atoms with E-state index in [1.165, 1.54) is 40.5 Å². The monoisotopic (exact) mass is 378 g/mol. The van der Waals surface area contributed by atoms with Gasteiger partial charge in [0, 0.05) is 17.8 Å². The number of aromatic nitrogens is 1. The summed E-state index contributed by atoms with van der Waals surface area (Å²) in [5, 5.41) is 2.85. The fourth-order valence-corrected chi connectivity index (χ4v) is 2.92. The van der Waals surface area contributed by atoms with E-state index in [4.69, 9.17) is 0 Å². The van der Waals surface area contributed by atoms with Crippen molar-refractivity contribution < 1.29 is 22.0 Å². The molecule has 9 heteroatoms. The maximum Gasteiger partial charge on any atom is 0.417 e. The van der Waals surface area contributed by atoms with Crippen LogP contribution in [-0.2, 0) is 6.18 Å². The molecular formula is C18H11F5N4. The van der Waals surface area contributed by atoms with Crippen molar-refractivity contribution in [1.29, 1.82) is 0 Å². The first-order valence-corrected chi connectivity index (χ1v) is 7.86. The molecular weight excluding hydrogens is 367 g/mol. The number of rotatable bonds is 2. The zero-order valence-electron chi connectivity index (χ0n) is 13.6. The molecule has 3 heterocycles. The summed E-state index contributed by atoms with van der Waals surface area (Å²) in [4.78, 5) is 8.01. The lowest BCUT2D eigenvalue weighted by molar-refractivity contribution is -0.137. The van der Waals surface area contributed by atoms with Crippen molar-refractivity contribution in [3.05, 3.63) is 83.5 Å². The number of halogens is 5. The minimum atomic E-state index is -4.51. The standard InChI is InChI=1S/C18H11F5N4/c19-11-9-14(20)17(24-10-11)27-8-6-16-25-15(5-7-26(16)27)12-3-1-2-4-13(12)18(21,22)23/h1-7,9-10H,8H2. The van der Waals surface area contributed by atoms with E-state index in [-0.39, 0.29) is 23.6 Å². The zero-order chi connectivity index (χ0) is 19.2. The summed E-state index contributed by atoms with van der Waals surface area (Å²) in [6.45, 7) is 0.187. The third-order valence-electron chi connectivity index (χ3n) is 4.09. The Morgan fingerprint density at radius 1 is 1.07 bits per heavy atom. The molecule has 0 amide bonds. The highest BCUT2D eigenvalue weighted by Crippen LogP contribution is 2.34. The number of anilines is 1. The van der Waals surface area contributed by atoms with E-state index in [1.54, 1.807) is 6.08 Å². The molecule has 2 aliphatic rings. The fraction of sp³-hybridized carbons (Fsp3) is 0.111. The smallest absolute Gasteiger partial charge is 0.256 e. The van der Waals surface area contributed by atoms with Crippen LogP contribution in [0, 0.1) is 11.6 Å². The number of pyridine rings is 1. The van der Waals surface area contributed by atoms with Crippen LogP contribution in [-0.4, -0.2) is 22.2 Å². The lowest BCUT2D eigenvalue weighted by atomic mass is 10.0. The Bertz CT molecular complexity index is 993. The Balaban J connectivity index is 1.67. The van der Waals surface area contributed by atoms with E-state index in [0.29, 0.717) is 11.9 Å². The Labute approximate surface area is 150 Å². The minimum Gasteiger partial charge on any atom is -0.256 e. The van der Waals surface area contributed by atoms with Gasteiger partial charge in [-0.15, -0.1) is 0 Å². The van der Waals surface area contributed by atoms with Crippen LogP contribution in [0.5, 0.6) is 0 Å². The SMILES string of the molecule is Fc1cnc(N2CC=C3N=C(c4ccccc4C(F)(F)F)C=CN32)c(F)c1. The van der Waals surface area contributed by atoms with E-state index < -0.39 is 23.4 Å². The van der Waals surface area contributed by atoms with E-state index in [2.05, 4.69) is 9.98 Å². The van der Waals surface area contributed by atoms with Gasteiger partial charge in [-0.2, -0.15) is 13.2 Å². The number of alkyl halides is 3. The van der Waals surface area contributed by atoms with Crippen LogP contribution in [0.1, 0.15) is 11.1 Å². The van der Waals surface area contributed by atoms with Crippen molar-refractivity contribution in [3.63, 3.8) is 0 Å². The first-order chi connectivity index (χ1) is 12.8. The van der Waals surface area contributed by atoms with Gasteiger partial charge in [0.2, 0.25) is 0 Å². The van der Waals surface area contributed by atoms with Gasteiger partial charge >= 0.3 is 6.18 Å². The molecule has 0 bridgehead atoms. The number of fused-ring (bicyclic) bond motifs is 1. The summed E-state index contributed by atoms with van der Waals surface area (Å²) >= 11 is 0. The summed E-state index contributed by atoms with van der Waals surface area (Å²) in [5.74, 6) is -1.44. The Hall–Kier alpha value is -3.23. The lowest BCUT2D eigenvalue weighted by Gasteiger charge is -2.30. The van der Waals surface area contributed by atoms with Crippen molar-refractivity contribution in [3.8, 4) is 0 Å². The quantitative estimate of drug-likeness (QED) is 0.732. The summed E-state index contributed by atoms with van der Waals surface area (Å²) in [6, 6.07) is 5.86. The predicted molar refractivity (Wildman–Crippen MR) is 88.5 cm³/mol. The molecule has 138 valence electrons. The third-order valence-corrected chi connectivity index (χ3v) is 4.09. The first kappa shape index (κ1) is 17.2. The van der Waals surface area contributed by atoms with Crippen LogP contribution in [0.3, 0.4) is 0 Å². The van der Waals surface area contributed by atoms with Gasteiger partial charge in [-0.05, 0) is 18.2 Å². The largest absolute Gasteiger partial charge is 0.417 e. The fourth-order valence-electron chi connectivity index (χ4n) is 2.92. The molecule has 1 aromatic carbocycles. The molecule has 4 rings (SSSR count). The van der Waals surface area contributed by atoms with Gasteiger partial charge in [0.05, 0.1) is 24.0 Å². The van der Waals surface area contributed by atoms with Crippen LogP contribution in [0.2, 0.25) is 0 Å². The van der Waals surface area contributed by atoms with E-state index in [0.717, 1.165) is 12.3 Å². The molecule has 2 aromatic rings. The maximum absolute atomic E-state index is 14.0. The highest BCUT2D eigenvalue weighted by atomic mass is 19.4. The van der Waals surface area contributed by atoms with Gasteiger partial charge < -0.3 is 0 Å². The second kappa shape index (κ2) is 6.19. The number of allylic oxidation sites excluding steroid dienone is 1. The zero-order valence-corrected chi connectivity index (χ0v) is 13.6. The number of hydrogen-bond donors (Lipinski definition) is 0. The second-order valence-electron chi connectivity index (χ2n) is 5.80. The van der Waals surface area contributed by atoms with Crippen LogP contribution in [0.4, 0.5) is 27.8 Å². The summed E-state index contributed by atoms with van der Waals surface area (Å²) in [5.41, 5.74) is -0.699. The van der Waals surface area contributed by atoms with Gasteiger partial charge in [-0.3, -0.25) is 5.01 Å². The molecule has 4 nitrogen and oxygen atoms in total. The Kier molecular flexibility index (Phi) is 3.94. The van der Waals surface area contributed by atoms with Crippen LogP contribution >= 0.6 is 0 Å². The molecule has 2 aliphatic heterocycles. The van der Waals surface area contributed by atoms with E-state index in [9.17, 15) is 22.0 Å². The maximum atomic E-state index is 14.0. The van der Waals surface area contributed by atoms with Crippen molar-refractivity contribution >= 4 is 11.5 Å². The molecule has 27 heavy (non-hydrogen) atoms. The topological polar surface area (TPSA) is 31.7 Å². The highest BCUT2D eigenvalue weighted by Gasteiger charge is 2.35. The normalized spacial score (nSPS) is 16.3. The summed E-state index contributed by atoms with van der Waals surface area (Å²) in [7, 11) is 0.